The molecule has 7 heteroatoms. The largest absolute Gasteiger partial charge is 0.368 e. The first-order valence-corrected chi connectivity index (χ1v) is 4.97. The number of aromatic nitrogens is 3. The van der Waals surface area contributed by atoms with E-state index in [4.69, 9.17) is 11.5 Å². The summed E-state index contributed by atoms with van der Waals surface area (Å²) in [6.07, 6.45) is 0. The van der Waals surface area contributed by atoms with Crippen LogP contribution >= 0.6 is 0 Å². The van der Waals surface area contributed by atoms with Crippen LogP contribution < -0.4 is 17.0 Å². The monoisotopic (exact) mass is 233 g/mol. The van der Waals surface area contributed by atoms with E-state index in [1.54, 1.807) is 24.3 Å². The zero-order valence-corrected chi connectivity index (χ0v) is 8.91. The number of nitrogens with two attached hydrogens (primary N) is 2. The summed E-state index contributed by atoms with van der Waals surface area (Å²) in [5.41, 5.74) is 10.6. The highest BCUT2D eigenvalue weighted by molar-refractivity contribution is 5.79. The molecule has 0 fully saturated rings. The molecule has 1 heterocycles. The van der Waals surface area contributed by atoms with E-state index in [1.165, 1.54) is 0 Å². The molecule has 2 rings (SSSR count). The highest BCUT2D eigenvalue weighted by atomic mass is 16.1. The van der Waals surface area contributed by atoms with Crippen molar-refractivity contribution in [2.45, 2.75) is 12.6 Å². The van der Waals surface area contributed by atoms with Crippen LogP contribution in [0.3, 0.4) is 0 Å². The lowest BCUT2D eigenvalue weighted by atomic mass is 10.2. The van der Waals surface area contributed by atoms with Gasteiger partial charge in [0.15, 0.2) is 0 Å². The first kappa shape index (κ1) is 11.2. The second kappa shape index (κ2) is 4.30. The molecule has 0 saturated carbocycles. The van der Waals surface area contributed by atoms with Gasteiger partial charge in [0.25, 0.3) is 5.56 Å². The van der Waals surface area contributed by atoms with Gasteiger partial charge in [-0.15, -0.1) is 5.10 Å². The van der Waals surface area contributed by atoms with Gasteiger partial charge in [-0.3, -0.25) is 9.59 Å². The molecule has 1 atom stereocenters. The molecule has 1 aromatic carbocycles. The Morgan fingerprint density at radius 1 is 1.41 bits per heavy atom. The van der Waals surface area contributed by atoms with Crippen LogP contribution in [0.5, 0.6) is 0 Å². The SMILES string of the molecule is NC(=O)C(N)Cn1nnc2ccccc2c1=O. The third-order valence-corrected chi connectivity index (χ3v) is 2.36. The summed E-state index contributed by atoms with van der Waals surface area (Å²) >= 11 is 0. The smallest absolute Gasteiger partial charge is 0.277 e. The molecule has 88 valence electrons. The minimum Gasteiger partial charge on any atom is -0.368 e. The van der Waals surface area contributed by atoms with Gasteiger partial charge in [-0.1, -0.05) is 17.3 Å². The Labute approximate surface area is 96.0 Å². The van der Waals surface area contributed by atoms with Gasteiger partial charge in [0.2, 0.25) is 5.91 Å². The van der Waals surface area contributed by atoms with Crippen molar-refractivity contribution in [2.24, 2.45) is 11.5 Å². The van der Waals surface area contributed by atoms with Gasteiger partial charge >= 0.3 is 0 Å². The van der Waals surface area contributed by atoms with Crippen molar-refractivity contribution in [3.8, 4) is 0 Å². The lowest BCUT2D eigenvalue weighted by Gasteiger charge is -2.08. The summed E-state index contributed by atoms with van der Waals surface area (Å²) < 4.78 is 1.04. The third kappa shape index (κ3) is 2.13. The van der Waals surface area contributed by atoms with Crippen molar-refractivity contribution in [3.05, 3.63) is 34.6 Å². The molecule has 0 aliphatic rings. The Balaban J connectivity index is 2.46. The number of rotatable bonds is 3. The summed E-state index contributed by atoms with van der Waals surface area (Å²) in [6.45, 7) is -0.0774. The van der Waals surface area contributed by atoms with Crippen LogP contribution in [0.25, 0.3) is 10.9 Å². The summed E-state index contributed by atoms with van der Waals surface area (Å²) in [5, 5.41) is 7.98. The van der Waals surface area contributed by atoms with E-state index in [2.05, 4.69) is 10.3 Å². The molecule has 1 amide bonds. The fourth-order valence-corrected chi connectivity index (χ4v) is 1.42. The standard InChI is InChI=1S/C10H11N5O2/c11-7(9(12)16)5-15-10(17)6-3-1-2-4-8(6)13-14-15/h1-4,7H,5,11H2,(H2,12,16). The van der Waals surface area contributed by atoms with Gasteiger partial charge in [-0.25, -0.2) is 4.68 Å². The van der Waals surface area contributed by atoms with E-state index in [9.17, 15) is 9.59 Å². The van der Waals surface area contributed by atoms with Crippen LogP contribution in [0.2, 0.25) is 0 Å². The number of carbonyl (C=O) groups excluding carboxylic acids is 1. The maximum absolute atomic E-state index is 11.9. The van der Waals surface area contributed by atoms with Crippen molar-refractivity contribution < 1.29 is 4.79 Å². The molecule has 1 unspecified atom stereocenters. The summed E-state index contributed by atoms with van der Waals surface area (Å²) in [5.74, 6) is -0.688. The van der Waals surface area contributed by atoms with E-state index in [0.717, 1.165) is 4.68 Å². The Morgan fingerprint density at radius 2 is 2.12 bits per heavy atom. The van der Waals surface area contributed by atoms with Crippen LogP contribution in [0.15, 0.2) is 29.1 Å². The minimum atomic E-state index is -0.955. The third-order valence-electron chi connectivity index (χ3n) is 2.36. The number of primary amides is 1. The van der Waals surface area contributed by atoms with Crippen molar-refractivity contribution in [3.63, 3.8) is 0 Å². The summed E-state index contributed by atoms with van der Waals surface area (Å²) in [7, 11) is 0. The van der Waals surface area contributed by atoms with Crippen LogP contribution in [-0.2, 0) is 11.3 Å². The maximum atomic E-state index is 11.9. The average Bonchev–Trinajstić information content (AvgIpc) is 2.33. The average molecular weight is 233 g/mol. The molecule has 0 aliphatic heterocycles. The first-order valence-electron chi connectivity index (χ1n) is 4.97. The normalized spacial score (nSPS) is 12.5. The fourth-order valence-electron chi connectivity index (χ4n) is 1.42. The Morgan fingerprint density at radius 3 is 2.82 bits per heavy atom. The second-order valence-corrected chi connectivity index (χ2v) is 3.60. The van der Waals surface area contributed by atoms with Crippen LogP contribution in [0, 0.1) is 0 Å². The molecule has 0 radical (unpaired) electrons. The number of hydrogen-bond donors (Lipinski definition) is 2. The number of amides is 1. The Kier molecular flexibility index (Phi) is 2.84. The zero-order valence-electron chi connectivity index (χ0n) is 8.91. The molecule has 17 heavy (non-hydrogen) atoms. The van der Waals surface area contributed by atoms with Crippen molar-refractivity contribution in [1.82, 2.24) is 15.0 Å². The van der Waals surface area contributed by atoms with Crippen LogP contribution in [-0.4, -0.2) is 26.9 Å². The molecule has 0 bridgehead atoms. The lowest BCUT2D eigenvalue weighted by Crippen LogP contribution is -2.43. The molecule has 7 nitrogen and oxygen atoms in total. The van der Waals surface area contributed by atoms with Gasteiger partial charge in [0.05, 0.1) is 11.9 Å². The number of nitrogens with zero attached hydrogens (tertiary/aromatic N) is 3. The number of fused-ring (bicyclic) bond motifs is 1. The quantitative estimate of drug-likeness (QED) is 0.676. The highest BCUT2D eigenvalue weighted by Gasteiger charge is 2.13. The van der Waals surface area contributed by atoms with Gasteiger partial charge < -0.3 is 11.5 Å². The second-order valence-electron chi connectivity index (χ2n) is 3.60. The molecule has 1 aromatic heterocycles. The van der Waals surface area contributed by atoms with E-state index < -0.39 is 11.9 Å². The van der Waals surface area contributed by atoms with Crippen LogP contribution in [0.1, 0.15) is 0 Å². The van der Waals surface area contributed by atoms with Gasteiger partial charge in [0.1, 0.15) is 11.6 Å². The van der Waals surface area contributed by atoms with Crippen molar-refractivity contribution in [1.29, 1.82) is 0 Å². The summed E-state index contributed by atoms with van der Waals surface area (Å²) in [4.78, 5) is 22.8. The molecule has 0 aliphatic carbocycles. The Hall–Kier alpha value is -2.28. The minimum absolute atomic E-state index is 0.0774. The van der Waals surface area contributed by atoms with Crippen LogP contribution in [0.4, 0.5) is 0 Å². The van der Waals surface area contributed by atoms with E-state index in [1.807, 2.05) is 0 Å². The molecular formula is C10H11N5O2. The van der Waals surface area contributed by atoms with E-state index >= 15 is 0 Å². The predicted octanol–water partition coefficient (Wildman–Crippen LogP) is -1.40. The molecular weight excluding hydrogens is 222 g/mol. The van der Waals surface area contributed by atoms with Crippen molar-refractivity contribution in [2.75, 3.05) is 0 Å². The van der Waals surface area contributed by atoms with E-state index in [0.29, 0.717) is 10.9 Å². The zero-order chi connectivity index (χ0) is 12.4. The lowest BCUT2D eigenvalue weighted by molar-refractivity contribution is -0.119. The molecule has 4 N–H and O–H groups in total. The van der Waals surface area contributed by atoms with Crippen molar-refractivity contribution >= 4 is 16.8 Å². The number of hydrogen-bond acceptors (Lipinski definition) is 5. The molecule has 0 saturated heterocycles. The first-order chi connectivity index (χ1) is 8.09. The van der Waals surface area contributed by atoms with Gasteiger partial charge in [-0.2, -0.15) is 0 Å². The predicted molar refractivity (Wildman–Crippen MR) is 61.0 cm³/mol. The Bertz CT molecular complexity index is 621. The van der Waals surface area contributed by atoms with E-state index in [-0.39, 0.29) is 12.1 Å². The van der Waals surface area contributed by atoms with Gasteiger partial charge in [-0.05, 0) is 12.1 Å². The topological polar surface area (TPSA) is 117 Å². The highest BCUT2D eigenvalue weighted by Crippen LogP contribution is 2.03. The summed E-state index contributed by atoms with van der Waals surface area (Å²) in [6, 6.07) is 5.85. The molecule has 2 aromatic rings. The molecule has 0 spiro atoms. The number of benzene rings is 1. The maximum Gasteiger partial charge on any atom is 0.277 e. The number of carbonyl (C=O) groups is 1. The fraction of sp³-hybridized carbons (Fsp3) is 0.200. The van der Waals surface area contributed by atoms with Gasteiger partial charge in [0, 0.05) is 0 Å².